The van der Waals surface area contributed by atoms with Crippen LogP contribution in [0.1, 0.15) is 77.6 Å². The summed E-state index contributed by atoms with van der Waals surface area (Å²) < 4.78 is 43.3. The van der Waals surface area contributed by atoms with E-state index in [0.29, 0.717) is 6.61 Å². The summed E-state index contributed by atoms with van der Waals surface area (Å²) in [6.45, 7) is 2.64. The predicted molar refractivity (Wildman–Crippen MR) is 96.1 cm³/mol. The van der Waals surface area contributed by atoms with Gasteiger partial charge < -0.3 is 24.7 Å². The molecule has 0 rings (SSSR count). The molecule has 166 valence electrons. The van der Waals surface area contributed by atoms with Crippen molar-refractivity contribution in [3.05, 3.63) is 0 Å². The van der Waals surface area contributed by atoms with Gasteiger partial charge in [-0.1, -0.05) is 71.1 Å². The minimum absolute atomic E-state index is 0. The third kappa shape index (κ3) is 70.0. The Morgan fingerprint density at radius 3 is 0.906 bits per heavy atom. The van der Waals surface area contributed by atoms with Crippen molar-refractivity contribution in [2.24, 2.45) is 0 Å². The number of rotatable bonds is 15. The molecule has 19 heteroatoms. The first-order chi connectivity index (χ1) is 13.2. The number of aliphatic hydroxyl groups excluding tert-OH is 1. The monoisotopic (exact) mass is 576 g/mol. The molecule has 0 saturated heterocycles. The van der Waals surface area contributed by atoms with Gasteiger partial charge in [-0.15, -0.1) is 0 Å². The molecule has 1 N–H and O–H groups in total. The van der Waals surface area contributed by atoms with Crippen LogP contribution >= 0.6 is 33.0 Å². The van der Waals surface area contributed by atoms with Crippen molar-refractivity contribution in [1.82, 2.24) is 0 Å². The second kappa shape index (κ2) is 45.1. The summed E-state index contributed by atoms with van der Waals surface area (Å²) in [6, 6.07) is 0. The maximum absolute atomic E-state index is 9.24. The van der Waals surface area contributed by atoms with Gasteiger partial charge in [-0.2, -0.15) is 0 Å². The molecular weight excluding hydrogens is 548 g/mol. The molecule has 0 fully saturated rings. The zero-order valence-corrected chi connectivity index (χ0v) is 31.4. The first-order valence-electron chi connectivity index (χ1n) is 8.71. The summed E-state index contributed by atoms with van der Waals surface area (Å²) in [4.78, 5) is 37.0. The molecule has 0 saturated carbocycles. The van der Waals surface area contributed by atoms with Gasteiger partial charge in [-0.25, -0.2) is 0 Å². The van der Waals surface area contributed by atoms with Crippen LogP contribution in [0.2, 0.25) is 0 Å². The molecule has 4 unspecified atom stereocenters. The third-order valence-electron chi connectivity index (χ3n) is 3.03. The molecule has 11 nitrogen and oxygen atoms in total. The van der Waals surface area contributed by atoms with Crippen molar-refractivity contribution in [2.75, 3.05) is 6.61 Å². The van der Waals surface area contributed by atoms with Crippen LogP contribution in [0.15, 0.2) is 0 Å². The Morgan fingerprint density at radius 1 is 0.531 bits per heavy atom. The Labute approximate surface area is 282 Å². The second-order valence-corrected chi connectivity index (χ2v) is 8.41. The molecule has 0 amide bonds. The number of hydrogen-bond acceptors (Lipinski definition) is 11. The Bertz CT molecular complexity index is 379. The van der Waals surface area contributed by atoms with Crippen molar-refractivity contribution >= 4 is 33.0 Å². The van der Waals surface area contributed by atoms with Crippen LogP contribution in [0.3, 0.4) is 0 Å². The third-order valence-corrected chi connectivity index (χ3v) is 5.16. The van der Waals surface area contributed by atoms with Gasteiger partial charge in [0.2, 0.25) is 0 Å². The van der Waals surface area contributed by atoms with Gasteiger partial charge >= 0.3 is 151 Å². The Balaban J connectivity index is -0.0000000601. The van der Waals surface area contributed by atoms with Gasteiger partial charge in [0.05, 0.1) is 0 Å². The maximum atomic E-state index is 9.24. The van der Waals surface area contributed by atoms with Crippen LogP contribution < -0.4 is 138 Å². The molecule has 0 aliphatic heterocycles. The van der Waals surface area contributed by atoms with E-state index in [4.69, 9.17) is 5.11 Å². The van der Waals surface area contributed by atoms with Gasteiger partial charge in [-0.3, -0.25) is 0 Å². The van der Waals surface area contributed by atoms with Gasteiger partial charge in [0.25, 0.3) is 0 Å². The zero-order valence-electron chi connectivity index (χ0n) is 19.8. The van der Waals surface area contributed by atoms with E-state index in [-0.39, 0.29) is 118 Å². The Morgan fingerprint density at radius 2 is 0.750 bits per heavy atom. The fourth-order valence-electron chi connectivity index (χ4n) is 1.88. The first-order valence-corrected chi connectivity index (χ1v) is 13.1. The van der Waals surface area contributed by atoms with E-state index in [1.54, 1.807) is 0 Å². The fourth-order valence-corrected chi connectivity index (χ4v) is 2.76. The second-order valence-electron chi connectivity index (χ2n) is 5.32. The van der Waals surface area contributed by atoms with E-state index < -0.39 is 33.0 Å². The molecule has 0 radical (unpaired) electrons. The molecule has 0 aliphatic rings. The van der Waals surface area contributed by atoms with Crippen molar-refractivity contribution in [2.45, 2.75) is 77.6 Å². The fraction of sp³-hybridized carbons (Fsp3) is 1.00. The van der Waals surface area contributed by atoms with Gasteiger partial charge in [-0.05, 0) is 24.7 Å². The van der Waals surface area contributed by atoms with E-state index in [9.17, 15) is 37.8 Å². The topological polar surface area (TPSA) is 199 Å². The number of hydrogen-bond donors (Lipinski definition) is 1. The van der Waals surface area contributed by atoms with Crippen molar-refractivity contribution in [3.63, 3.8) is 0 Å². The molecule has 0 bridgehead atoms. The van der Waals surface area contributed by atoms with Gasteiger partial charge in [0.1, 0.15) is 8.62 Å². The average molecular weight is 576 g/mol. The standard InChI is InChI=1S/C13H28O.4Na.2O5P2/c1-2-3-4-5-6-7-8-9-10-11-12-13-14;;;;;2*1-6(2)5-7(3)4/h14H,2-13H2,1H3;;;;;;/q;4*+1;;. The molecule has 4 atom stereocenters. The Kier molecular flexibility index (Phi) is 74.0. The first kappa shape index (κ1) is 52.5. The summed E-state index contributed by atoms with van der Waals surface area (Å²) in [6.07, 6.45) is 14.8. The van der Waals surface area contributed by atoms with E-state index in [0.717, 1.165) is 6.42 Å². The van der Waals surface area contributed by atoms with Crippen LogP contribution in [0.4, 0.5) is 0 Å². The van der Waals surface area contributed by atoms with Crippen molar-refractivity contribution < 1.29 is 170 Å². The quantitative estimate of drug-likeness (QED) is 0.110. The summed E-state index contributed by atoms with van der Waals surface area (Å²) >= 11 is 0. The predicted octanol–water partition coefficient (Wildman–Crippen LogP) is -9.62. The summed E-state index contributed by atoms with van der Waals surface area (Å²) in [5.74, 6) is 0. The maximum Gasteiger partial charge on any atom is 1.00 e. The summed E-state index contributed by atoms with van der Waals surface area (Å²) in [5, 5.41) is 8.59. The smallest absolute Gasteiger partial charge is 0.563 e. The molecule has 0 aromatic heterocycles. The van der Waals surface area contributed by atoms with E-state index >= 15 is 0 Å². The van der Waals surface area contributed by atoms with Crippen LogP contribution in [-0.2, 0) is 26.9 Å². The SMILES string of the molecule is CCCCCCCCCCCCCO.O=[P+]([O-])O[P+](=O)[O-].O=[P+]([O-])O[P+](=O)[O-].[Na+].[Na+].[Na+].[Na+]. The number of unbranched alkanes of at least 4 members (excludes halogenated alkanes) is 10. The molecule has 0 heterocycles. The van der Waals surface area contributed by atoms with Crippen LogP contribution in [0, 0.1) is 0 Å². The largest absolute Gasteiger partial charge is 1.00 e. The Hall–Kier alpha value is 4.12. The van der Waals surface area contributed by atoms with E-state index in [2.05, 4.69) is 15.5 Å². The summed E-state index contributed by atoms with van der Waals surface area (Å²) in [5.41, 5.74) is 0. The molecule has 0 aromatic carbocycles. The summed E-state index contributed by atoms with van der Waals surface area (Å²) in [7, 11) is -12.9. The van der Waals surface area contributed by atoms with Crippen molar-refractivity contribution in [3.8, 4) is 0 Å². The van der Waals surface area contributed by atoms with E-state index in [1.807, 2.05) is 0 Å². The molecule has 0 aromatic rings. The van der Waals surface area contributed by atoms with Crippen LogP contribution in [0.25, 0.3) is 0 Å². The number of aliphatic hydroxyl groups is 1. The zero-order chi connectivity index (χ0) is 22.2. The normalized spacial score (nSPS) is 10.6. The molecule has 0 spiro atoms. The van der Waals surface area contributed by atoms with Crippen molar-refractivity contribution in [1.29, 1.82) is 0 Å². The van der Waals surface area contributed by atoms with Gasteiger partial charge in [0.15, 0.2) is 0 Å². The van der Waals surface area contributed by atoms with Crippen LogP contribution in [-0.4, -0.2) is 11.7 Å². The molecule has 0 aliphatic carbocycles. The van der Waals surface area contributed by atoms with Gasteiger partial charge in [0, 0.05) is 6.61 Å². The minimum Gasteiger partial charge on any atom is -0.563 e. The molecule has 32 heavy (non-hydrogen) atoms. The minimum atomic E-state index is -3.24. The van der Waals surface area contributed by atoms with E-state index in [1.165, 1.54) is 64.2 Å². The average Bonchev–Trinajstić information content (AvgIpc) is 2.55. The molecular formula is C13H28Na4O11P4+4. The van der Waals surface area contributed by atoms with Crippen LogP contribution in [0.5, 0.6) is 0 Å².